The summed E-state index contributed by atoms with van der Waals surface area (Å²) in [6.45, 7) is 2.75. The summed E-state index contributed by atoms with van der Waals surface area (Å²) in [4.78, 5) is 38.0. The van der Waals surface area contributed by atoms with Gasteiger partial charge in [-0.05, 0) is 32.6 Å². The highest BCUT2D eigenvalue weighted by Gasteiger charge is 2.54. The molecule has 3 fully saturated rings. The molecule has 3 rings (SSSR count). The number of nitrogens with zero attached hydrogens (tertiary/aromatic N) is 1. The molecule has 2 heterocycles. The zero-order chi connectivity index (χ0) is 15.7. The Kier molecular flexibility index (Phi) is 4.08. The molecule has 0 bridgehead atoms. The van der Waals surface area contributed by atoms with Crippen molar-refractivity contribution in [3.8, 4) is 0 Å². The number of urea groups is 1. The summed E-state index contributed by atoms with van der Waals surface area (Å²) < 4.78 is 5.45. The van der Waals surface area contributed by atoms with Gasteiger partial charge in [-0.1, -0.05) is 12.8 Å². The van der Waals surface area contributed by atoms with Crippen LogP contribution >= 0.6 is 0 Å². The van der Waals surface area contributed by atoms with Gasteiger partial charge in [0, 0.05) is 13.2 Å². The molecule has 1 aliphatic carbocycles. The maximum Gasteiger partial charge on any atom is 0.325 e. The quantitative estimate of drug-likeness (QED) is 0.742. The minimum Gasteiger partial charge on any atom is -0.376 e. The van der Waals surface area contributed by atoms with Crippen LogP contribution in [0.3, 0.4) is 0 Å². The smallest absolute Gasteiger partial charge is 0.325 e. The monoisotopic (exact) mass is 309 g/mol. The fourth-order valence-electron chi connectivity index (χ4n) is 3.60. The van der Waals surface area contributed by atoms with Crippen molar-refractivity contribution in [2.75, 3.05) is 13.2 Å². The van der Waals surface area contributed by atoms with Crippen LogP contribution in [0.2, 0.25) is 0 Å². The lowest BCUT2D eigenvalue weighted by Crippen LogP contribution is -2.50. The SMILES string of the molecule is C[C@H](C(=O)NC[C@H]1CCCO1)N1C(=O)NC2(CCCC2)C1=O. The predicted molar refractivity (Wildman–Crippen MR) is 78.0 cm³/mol. The molecule has 2 atom stereocenters. The molecule has 122 valence electrons. The van der Waals surface area contributed by atoms with E-state index in [0.717, 1.165) is 37.2 Å². The lowest BCUT2D eigenvalue weighted by Gasteiger charge is -2.24. The van der Waals surface area contributed by atoms with Crippen molar-refractivity contribution in [3.63, 3.8) is 0 Å². The summed E-state index contributed by atoms with van der Waals surface area (Å²) in [7, 11) is 0. The third-order valence-corrected chi connectivity index (χ3v) is 4.94. The van der Waals surface area contributed by atoms with Gasteiger partial charge in [0.05, 0.1) is 6.10 Å². The summed E-state index contributed by atoms with van der Waals surface area (Å²) in [5, 5.41) is 5.58. The number of carbonyl (C=O) groups is 3. The van der Waals surface area contributed by atoms with E-state index in [2.05, 4.69) is 10.6 Å². The predicted octanol–water partition coefficient (Wildman–Crippen LogP) is 0.535. The average Bonchev–Trinajstić information content (AvgIpc) is 3.20. The molecule has 2 saturated heterocycles. The topological polar surface area (TPSA) is 87.7 Å². The van der Waals surface area contributed by atoms with E-state index >= 15 is 0 Å². The number of carbonyl (C=O) groups excluding carboxylic acids is 3. The second-order valence-corrected chi connectivity index (χ2v) is 6.45. The second-order valence-electron chi connectivity index (χ2n) is 6.45. The molecule has 2 aliphatic heterocycles. The van der Waals surface area contributed by atoms with E-state index in [4.69, 9.17) is 4.74 Å². The van der Waals surface area contributed by atoms with E-state index in [1.165, 1.54) is 0 Å². The molecule has 1 saturated carbocycles. The molecule has 7 nitrogen and oxygen atoms in total. The van der Waals surface area contributed by atoms with Gasteiger partial charge in [-0.2, -0.15) is 0 Å². The Bertz CT molecular complexity index is 481. The normalized spacial score (nSPS) is 28.2. The van der Waals surface area contributed by atoms with Crippen LogP contribution in [-0.4, -0.2) is 53.6 Å². The minimum absolute atomic E-state index is 0.0421. The van der Waals surface area contributed by atoms with Crippen molar-refractivity contribution >= 4 is 17.8 Å². The van der Waals surface area contributed by atoms with Crippen LogP contribution in [0.1, 0.15) is 45.4 Å². The number of nitrogens with one attached hydrogen (secondary N) is 2. The van der Waals surface area contributed by atoms with Gasteiger partial charge in [0.1, 0.15) is 11.6 Å². The summed E-state index contributed by atoms with van der Waals surface area (Å²) in [5.74, 6) is -0.566. The molecule has 0 aromatic carbocycles. The van der Waals surface area contributed by atoms with E-state index in [9.17, 15) is 14.4 Å². The summed E-state index contributed by atoms with van der Waals surface area (Å²) in [5.41, 5.74) is -0.764. The highest BCUT2D eigenvalue weighted by molar-refractivity contribution is 6.09. The molecule has 0 unspecified atom stereocenters. The summed E-state index contributed by atoms with van der Waals surface area (Å²) in [6.07, 6.45) is 5.17. The van der Waals surface area contributed by atoms with Crippen molar-refractivity contribution in [2.45, 2.75) is 63.1 Å². The van der Waals surface area contributed by atoms with Crippen LogP contribution in [0.25, 0.3) is 0 Å². The van der Waals surface area contributed by atoms with E-state index in [-0.39, 0.29) is 17.9 Å². The first-order valence-electron chi connectivity index (χ1n) is 8.09. The fraction of sp³-hybridized carbons (Fsp3) is 0.800. The van der Waals surface area contributed by atoms with Gasteiger partial charge in [-0.3, -0.25) is 9.59 Å². The molecular weight excluding hydrogens is 286 g/mol. The van der Waals surface area contributed by atoms with Crippen LogP contribution in [0.4, 0.5) is 4.79 Å². The maximum atomic E-state index is 12.6. The van der Waals surface area contributed by atoms with E-state index < -0.39 is 17.6 Å². The Balaban J connectivity index is 1.61. The number of amides is 4. The second kappa shape index (κ2) is 5.87. The van der Waals surface area contributed by atoms with Crippen LogP contribution in [0.5, 0.6) is 0 Å². The average molecular weight is 309 g/mol. The first-order valence-corrected chi connectivity index (χ1v) is 8.09. The number of ether oxygens (including phenoxy) is 1. The zero-order valence-electron chi connectivity index (χ0n) is 12.9. The molecule has 2 N–H and O–H groups in total. The number of hydrogen-bond donors (Lipinski definition) is 2. The fourth-order valence-corrected chi connectivity index (χ4v) is 3.60. The first kappa shape index (κ1) is 15.3. The van der Waals surface area contributed by atoms with Crippen molar-refractivity contribution in [3.05, 3.63) is 0 Å². The molecular formula is C15H23N3O4. The van der Waals surface area contributed by atoms with Gasteiger partial charge in [0.2, 0.25) is 5.91 Å². The van der Waals surface area contributed by atoms with Gasteiger partial charge >= 0.3 is 6.03 Å². The van der Waals surface area contributed by atoms with Gasteiger partial charge in [0.15, 0.2) is 0 Å². The van der Waals surface area contributed by atoms with Gasteiger partial charge in [-0.15, -0.1) is 0 Å². The molecule has 22 heavy (non-hydrogen) atoms. The third kappa shape index (κ3) is 2.58. The van der Waals surface area contributed by atoms with Crippen molar-refractivity contribution in [1.29, 1.82) is 0 Å². The number of imide groups is 1. The Morgan fingerprint density at radius 3 is 2.77 bits per heavy atom. The number of hydrogen-bond acceptors (Lipinski definition) is 4. The molecule has 1 spiro atoms. The van der Waals surface area contributed by atoms with E-state index in [1.54, 1.807) is 6.92 Å². The van der Waals surface area contributed by atoms with Crippen LogP contribution in [0.15, 0.2) is 0 Å². The van der Waals surface area contributed by atoms with Crippen LogP contribution < -0.4 is 10.6 Å². The molecule has 0 radical (unpaired) electrons. The van der Waals surface area contributed by atoms with E-state index in [1.807, 2.05) is 0 Å². The highest BCUT2D eigenvalue weighted by Crippen LogP contribution is 2.35. The molecule has 3 aliphatic rings. The maximum absolute atomic E-state index is 12.6. The summed E-state index contributed by atoms with van der Waals surface area (Å²) in [6, 6.07) is -1.25. The lowest BCUT2D eigenvalue weighted by molar-refractivity contribution is -0.138. The number of rotatable bonds is 4. The molecule has 4 amide bonds. The Hall–Kier alpha value is -1.63. The summed E-state index contributed by atoms with van der Waals surface area (Å²) >= 11 is 0. The Morgan fingerprint density at radius 2 is 2.14 bits per heavy atom. The van der Waals surface area contributed by atoms with Crippen molar-refractivity contribution in [1.82, 2.24) is 15.5 Å². The van der Waals surface area contributed by atoms with Crippen LogP contribution in [0, 0.1) is 0 Å². The van der Waals surface area contributed by atoms with Crippen molar-refractivity contribution < 1.29 is 19.1 Å². The molecule has 0 aromatic rings. The largest absolute Gasteiger partial charge is 0.376 e. The van der Waals surface area contributed by atoms with E-state index in [0.29, 0.717) is 19.4 Å². The molecule has 7 heteroatoms. The van der Waals surface area contributed by atoms with Crippen molar-refractivity contribution in [2.24, 2.45) is 0 Å². The van der Waals surface area contributed by atoms with Gasteiger partial charge < -0.3 is 15.4 Å². The minimum atomic E-state index is -0.797. The zero-order valence-corrected chi connectivity index (χ0v) is 12.9. The highest BCUT2D eigenvalue weighted by atomic mass is 16.5. The van der Waals surface area contributed by atoms with Crippen LogP contribution in [-0.2, 0) is 14.3 Å². The molecule has 0 aromatic heterocycles. The van der Waals surface area contributed by atoms with Gasteiger partial charge in [0.25, 0.3) is 5.91 Å². The Labute approximate surface area is 129 Å². The Morgan fingerprint density at radius 1 is 1.41 bits per heavy atom. The third-order valence-electron chi connectivity index (χ3n) is 4.94. The standard InChI is InChI=1S/C15H23N3O4/c1-10(12(19)16-9-11-5-4-8-22-11)18-13(20)15(17-14(18)21)6-2-3-7-15/h10-11H,2-9H2,1H3,(H,16,19)(H,17,21)/t10-,11-/m1/s1. The lowest BCUT2D eigenvalue weighted by atomic mass is 9.97. The first-order chi connectivity index (χ1) is 10.5. The van der Waals surface area contributed by atoms with Gasteiger partial charge in [-0.25, -0.2) is 9.69 Å².